The minimum atomic E-state index is -5.02. The number of likely N-dealkylation sites (tertiary alicyclic amines) is 1. The maximum atomic E-state index is 13.8. The number of carbonyl (C=O) groups excluding carboxylic acids is 1. The summed E-state index contributed by atoms with van der Waals surface area (Å²) < 4.78 is 68.4. The van der Waals surface area contributed by atoms with E-state index in [-0.39, 0.29) is 10.0 Å². The van der Waals surface area contributed by atoms with Crippen molar-refractivity contribution in [3.8, 4) is 0 Å². The lowest BCUT2D eigenvalue weighted by atomic mass is 9.86. The molecule has 2 atom stereocenters. The van der Waals surface area contributed by atoms with Gasteiger partial charge in [0.05, 0.1) is 22.5 Å². The van der Waals surface area contributed by atoms with Gasteiger partial charge in [0.1, 0.15) is 10.9 Å². The van der Waals surface area contributed by atoms with E-state index in [1.165, 1.54) is 43.0 Å². The number of amides is 1. The highest BCUT2D eigenvalue weighted by Crippen LogP contribution is 2.33. The minimum absolute atomic E-state index is 0.325. The van der Waals surface area contributed by atoms with Crippen LogP contribution in [0.5, 0.6) is 0 Å². The van der Waals surface area contributed by atoms with Gasteiger partial charge in [0.25, 0.3) is 0 Å². The standard InChI is InChI=1S/C26H30Cl2F3N3O3S/c27-20-7-5-8-21(28)25(20)38(36,37)33-23(26(29,30)31)15-24(35)32-22-9-4-6-18-14-17(10-11-19(18)22)16-34-12-2-1-3-13-34/h5,7-8,10-11,14,22-23,33H,1-4,6,9,12-13,15-16H2,(H,32,35)/t22-,23-/m1/s1. The predicted molar refractivity (Wildman–Crippen MR) is 141 cm³/mol. The minimum Gasteiger partial charge on any atom is -0.349 e. The van der Waals surface area contributed by atoms with Crippen LogP contribution in [-0.4, -0.2) is 44.5 Å². The average molecular weight is 593 g/mol. The zero-order valence-electron chi connectivity index (χ0n) is 20.7. The number of hydrogen-bond donors (Lipinski definition) is 2. The molecule has 1 fully saturated rings. The van der Waals surface area contributed by atoms with Gasteiger partial charge in [-0.25, -0.2) is 8.42 Å². The number of fused-ring (bicyclic) bond motifs is 1. The fourth-order valence-electron chi connectivity index (χ4n) is 5.14. The first-order chi connectivity index (χ1) is 17.9. The Hall–Kier alpha value is -1.85. The van der Waals surface area contributed by atoms with Crippen molar-refractivity contribution in [1.29, 1.82) is 0 Å². The van der Waals surface area contributed by atoms with Gasteiger partial charge in [0.15, 0.2) is 0 Å². The number of nitrogens with zero attached hydrogens (tertiary/aromatic N) is 1. The van der Waals surface area contributed by atoms with Crippen molar-refractivity contribution >= 4 is 39.1 Å². The van der Waals surface area contributed by atoms with Crippen LogP contribution in [0, 0.1) is 0 Å². The first kappa shape index (κ1) is 29.1. The van der Waals surface area contributed by atoms with Crippen molar-refractivity contribution < 1.29 is 26.4 Å². The number of halogens is 5. The molecule has 0 bridgehead atoms. The molecule has 1 saturated heterocycles. The van der Waals surface area contributed by atoms with Gasteiger partial charge in [-0.3, -0.25) is 9.69 Å². The molecule has 0 unspecified atom stereocenters. The van der Waals surface area contributed by atoms with E-state index in [9.17, 15) is 26.4 Å². The molecule has 0 saturated carbocycles. The first-order valence-electron chi connectivity index (χ1n) is 12.6. The summed E-state index contributed by atoms with van der Waals surface area (Å²) in [6, 6.07) is 6.76. The fourth-order valence-corrected chi connectivity index (χ4v) is 7.51. The Morgan fingerprint density at radius 3 is 2.39 bits per heavy atom. The van der Waals surface area contributed by atoms with E-state index in [1.807, 2.05) is 12.1 Å². The molecule has 2 N–H and O–H groups in total. The fraction of sp³-hybridized carbons (Fsp3) is 0.500. The second-order valence-corrected chi connectivity index (χ2v) is 12.3. The Balaban J connectivity index is 1.45. The zero-order valence-corrected chi connectivity index (χ0v) is 23.0. The number of carbonyl (C=O) groups is 1. The second-order valence-electron chi connectivity index (χ2n) is 9.85. The van der Waals surface area contributed by atoms with Crippen molar-refractivity contribution in [2.24, 2.45) is 0 Å². The van der Waals surface area contributed by atoms with Crippen LogP contribution in [0.15, 0.2) is 41.3 Å². The largest absolute Gasteiger partial charge is 0.405 e. The van der Waals surface area contributed by atoms with Crippen LogP contribution < -0.4 is 10.0 Å². The molecular weight excluding hydrogens is 562 g/mol. The number of benzene rings is 2. The number of alkyl halides is 3. The SMILES string of the molecule is O=C(C[C@@H](NS(=O)(=O)c1c(Cl)cccc1Cl)C(F)(F)F)N[C@@H]1CCCc2cc(CN3CCCCC3)ccc21. The van der Waals surface area contributed by atoms with E-state index in [4.69, 9.17) is 23.2 Å². The summed E-state index contributed by atoms with van der Waals surface area (Å²) in [6.07, 6.45) is -0.298. The summed E-state index contributed by atoms with van der Waals surface area (Å²) in [7, 11) is -4.77. The summed E-state index contributed by atoms with van der Waals surface area (Å²) in [5.41, 5.74) is 3.15. The van der Waals surface area contributed by atoms with Crippen LogP contribution >= 0.6 is 23.2 Å². The molecule has 38 heavy (non-hydrogen) atoms. The molecule has 12 heteroatoms. The third-order valence-corrected chi connectivity index (χ3v) is 9.41. The predicted octanol–water partition coefficient (Wildman–Crippen LogP) is 5.77. The third kappa shape index (κ3) is 7.21. The molecule has 1 aliphatic heterocycles. The Bertz CT molecular complexity index is 1250. The van der Waals surface area contributed by atoms with Crippen LogP contribution in [0.4, 0.5) is 13.2 Å². The van der Waals surface area contributed by atoms with Crippen LogP contribution in [0.2, 0.25) is 10.0 Å². The van der Waals surface area contributed by atoms with Gasteiger partial charge in [-0.05, 0) is 74.0 Å². The van der Waals surface area contributed by atoms with Crippen molar-refractivity contribution in [2.45, 2.75) is 74.6 Å². The summed E-state index contributed by atoms with van der Waals surface area (Å²) in [6.45, 7) is 3.00. The van der Waals surface area contributed by atoms with Gasteiger partial charge >= 0.3 is 6.18 Å². The average Bonchev–Trinajstić information content (AvgIpc) is 2.83. The van der Waals surface area contributed by atoms with E-state index in [0.717, 1.165) is 43.6 Å². The van der Waals surface area contributed by atoms with Crippen molar-refractivity contribution in [1.82, 2.24) is 14.9 Å². The van der Waals surface area contributed by atoms with Crippen LogP contribution in [0.3, 0.4) is 0 Å². The molecule has 0 spiro atoms. The topological polar surface area (TPSA) is 78.5 Å². The second kappa shape index (κ2) is 12.1. The molecule has 1 amide bonds. The lowest BCUT2D eigenvalue weighted by Gasteiger charge is -2.30. The number of rotatable bonds is 8. The zero-order chi connectivity index (χ0) is 27.5. The summed E-state index contributed by atoms with van der Waals surface area (Å²) in [4.78, 5) is 14.5. The number of aryl methyl sites for hydroxylation is 1. The molecule has 0 radical (unpaired) electrons. The molecule has 1 aliphatic carbocycles. The molecule has 208 valence electrons. The number of nitrogens with one attached hydrogen (secondary N) is 2. The summed E-state index contributed by atoms with van der Waals surface area (Å²) >= 11 is 11.8. The molecular formula is C26H30Cl2F3N3O3S. The summed E-state index contributed by atoms with van der Waals surface area (Å²) in [5, 5.41) is 2.04. The molecule has 6 nitrogen and oxygen atoms in total. The van der Waals surface area contributed by atoms with Gasteiger partial charge in [-0.15, -0.1) is 0 Å². The van der Waals surface area contributed by atoms with Gasteiger partial charge in [-0.2, -0.15) is 17.9 Å². The Labute approximate surface area is 230 Å². The molecule has 2 aliphatic rings. The number of piperidine rings is 1. The Morgan fingerprint density at radius 1 is 1.05 bits per heavy atom. The lowest BCUT2D eigenvalue weighted by Crippen LogP contribution is -2.48. The summed E-state index contributed by atoms with van der Waals surface area (Å²) in [5.74, 6) is -0.907. The van der Waals surface area contributed by atoms with Gasteiger partial charge in [0, 0.05) is 6.54 Å². The quantitative estimate of drug-likeness (QED) is 0.408. The van der Waals surface area contributed by atoms with E-state index in [1.54, 1.807) is 4.72 Å². The Morgan fingerprint density at radius 2 is 1.74 bits per heavy atom. The third-order valence-electron chi connectivity index (χ3n) is 6.98. The molecule has 0 aromatic heterocycles. The normalized spacial score (nSPS) is 19.6. The van der Waals surface area contributed by atoms with Gasteiger partial charge in [0.2, 0.25) is 15.9 Å². The number of hydrogen-bond acceptors (Lipinski definition) is 4. The van der Waals surface area contributed by atoms with Gasteiger partial charge < -0.3 is 5.32 Å². The van der Waals surface area contributed by atoms with E-state index in [0.29, 0.717) is 6.42 Å². The first-order valence-corrected chi connectivity index (χ1v) is 14.8. The van der Waals surface area contributed by atoms with Crippen LogP contribution in [0.25, 0.3) is 0 Å². The molecule has 1 heterocycles. The lowest BCUT2D eigenvalue weighted by molar-refractivity contribution is -0.158. The highest BCUT2D eigenvalue weighted by atomic mass is 35.5. The Kier molecular flexibility index (Phi) is 9.30. The highest BCUT2D eigenvalue weighted by Gasteiger charge is 2.44. The monoisotopic (exact) mass is 591 g/mol. The maximum absolute atomic E-state index is 13.8. The molecule has 2 aromatic carbocycles. The van der Waals surface area contributed by atoms with E-state index >= 15 is 0 Å². The van der Waals surface area contributed by atoms with Crippen molar-refractivity contribution in [2.75, 3.05) is 13.1 Å². The maximum Gasteiger partial charge on any atom is 0.405 e. The number of sulfonamides is 1. The highest BCUT2D eigenvalue weighted by molar-refractivity contribution is 7.89. The molecule has 4 rings (SSSR count). The van der Waals surface area contributed by atoms with E-state index < -0.39 is 45.5 Å². The van der Waals surface area contributed by atoms with E-state index in [2.05, 4.69) is 16.3 Å². The van der Waals surface area contributed by atoms with Crippen LogP contribution in [-0.2, 0) is 27.8 Å². The smallest absolute Gasteiger partial charge is 0.349 e. The van der Waals surface area contributed by atoms with Crippen molar-refractivity contribution in [3.05, 3.63) is 63.1 Å². The van der Waals surface area contributed by atoms with Gasteiger partial charge in [-0.1, -0.05) is 53.9 Å². The molecule has 2 aromatic rings. The van der Waals surface area contributed by atoms with Crippen LogP contribution in [0.1, 0.15) is 61.3 Å². The van der Waals surface area contributed by atoms with Crippen molar-refractivity contribution in [3.63, 3.8) is 0 Å².